The number of rotatable bonds is 30. The van der Waals surface area contributed by atoms with Crippen LogP contribution in [0, 0.1) is 5.92 Å². The second-order valence-electron chi connectivity index (χ2n) is 14.8. The summed E-state index contributed by atoms with van der Waals surface area (Å²) in [6, 6.07) is 17.0. The van der Waals surface area contributed by atoms with Crippen molar-refractivity contribution in [1.29, 1.82) is 0 Å². The number of carbonyl (C=O) groups excluding carboxylic acids is 6. The average Bonchev–Trinajstić information content (AvgIpc) is 4.05. The van der Waals surface area contributed by atoms with Crippen LogP contribution in [0.4, 0.5) is 9.59 Å². The maximum Gasteiger partial charge on any atom is 0.408 e. The van der Waals surface area contributed by atoms with Crippen molar-refractivity contribution in [3.05, 3.63) is 71.8 Å². The zero-order chi connectivity index (χ0) is 45.8. The molecule has 20 heteroatoms. The summed E-state index contributed by atoms with van der Waals surface area (Å²) in [5.74, 6) is -1.23. The first kappa shape index (κ1) is 52.4. The molecule has 0 unspecified atom stereocenters. The fraction of sp³-hybridized carbons (Fsp3) is 0.591. The molecule has 4 rings (SSSR count). The van der Waals surface area contributed by atoms with E-state index in [9.17, 15) is 28.8 Å². The van der Waals surface area contributed by atoms with Gasteiger partial charge in [0.15, 0.2) is 18.4 Å². The number of methoxy groups -OCH3 is 2. The summed E-state index contributed by atoms with van der Waals surface area (Å²) in [6.07, 6.45) is 1.57. The largest absolute Gasteiger partial charge is 0.469 e. The smallest absolute Gasteiger partial charge is 0.408 e. The Hall–Kier alpha value is -4.18. The molecule has 2 aliphatic heterocycles. The minimum atomic E-state index is -0.992. The third-order valence-electron chi connectivity index (χ3n) is 10.1. The molecule has 0 bridgehead atoms. The maximum atomic E-state index is 13.6. The van der Waals surface area contributed by atoms with Crippen LogP contribution in [0.2, 0.25) is 6.04 Å². The van der Waals surface area contributed by atoms with E-state index in [4.69, 9.17) is 37.9 Å². The van der Waals surface area contributed by atoms with Crippen LogP contribution >= 0.6 is 21.6 Å². The molecular weight excluding hydrogens is 887 g/mol. The third kappa shape index (κ3) is 20.8. The quantitative estimate of drug-likeness (QED) is 0.0298. The Labute approximate surface area is 385 Å². The Morgan fingerprint density at radius 2 is 1.17 bits per heavy atom. The van der Waals surface area contributed by atoms with Crippen LogP contribution in [-0.4, -0.2) is 128 Å². The lowest BCUT2D eigenvalue weighted by Gasteiger charge is -2.22. The highest BCUT2D eigenvalue weighted by atomic mass is 33.1. The Bertz CT molecular complexity index is 1710. The van der Waals surface area contributed by atoms with E-state index in [0.29, 0.717) is 82.5 Å². The van der Waals surface area contributed by atoms with Gasteiger partial charge in [0, 0.05) is 17.9 Å². The number of Topliss-reactive ketones (excluding diaryl/α,β-unsaturated/α-hetero) is 1. The molecule has 352 valence electrons. The third-order valence-corrected chi connectivity index (χ3v) is 14.3. The number of nitrogens with one attached hydrogen (secondary N) is 3. The van der Waals surface area contributed by atoms with Crippen LogP contribution in [0.5, 0.6) is 0 Å². The number of benzene rings is 2. The molecule has 17 nitrogen and oxygen atoms in total. The molecule has 0 saturated carbocycles. The van der Waals surface area contributed by atoms with Crippen molar-refractivity contribution in [1.82, 2.24) is 16.0 Å². The van der Waals surface area contributed by atoms with E-state index in [2.05, 4.69) is 16.0 Å². The van der Waals surface area contributed by atoms with E-state index in [-0.39, 0.29) is 60.4 Å². The van der Waals surface area contributed by atoms with Gasteiger partial charge >= 0.3 is 24.1 Å². The molecule has 2 aromatic rings. The van der Waals surface area contributed by atoms with Gasteiger partial charge in [-0.2, -0.15) is 0 Å². The second kappa shape index (κ2) is 30.9. The minimum absolute atomic E-state index is 0.00766. The van der Waals surface area contributed by atoms with Crippen LogP contribution in [0.15, 0.2) is 60.7 Å². The number of alkyl carbamates (subject to hydrolysis) is 2. The first-order chi connectivity index (χ1) is 31.1. The number of amides is 3. The first-order valence-corrected chi connectivity index (χ1v) is 25.3. The van der Waals surface area contributed by atoms with Crippen molar-refractivity contribution < 1.29 is 66.7 Å². The average molecular weight is 948 g/mol. The predicted molar refractivity (Wildman–Crippen MR) is 240 cm³/mol. The van der Waals surface area contributed by atoms with Crippen LogP contribution in [0.25, 0.3) is 0 Å². The lowest BCUT2D eigenvalue weighted by molar-refractivity contribution is -0.146. The summed E-state index contributed by atoms with van der Waals surface area (Å²) < 4.78 is 42.8. The van der Waals surface area contributed by atoms with E-state index in [1.807, 2.05) is 60.7 Å². The van der Waals surface area contributed by atoms with Gasteiger partial charge in [0.2, 0.25) is 5.91 Å². The Morgan fingerprint density at radius 3 is 1.73 bits per heavy atom. The zero-order valence-electron chi connectivity index (χ0n) is 36.5. The Balaban J connectivity index is 1.29. The number of ketones is 1. The maximum absolute atomic E-state index is 13.6. The summed E-state index contributed by atoms with van der Waals surface area (Å²) in [6.45, 7) is 2.13. The van der Waals surface area contributed by atoms with E-state index in [1.165, 1.54) is 35.8 Å². The second-order valence-corrected chi connectivity index (χ2v) is 19.0. The van der Waals surface area contributed by atoms with Crippen molar-refractivity contribution in [2.24, 2.45) is 5.92 Å². The van der Waals surface area contributed by atoms with Gasteiger partial charge in [-0.05, 0) is 68.5 Å². The van der Waals surface area contributed by atoms with Crippen molar-refractivity contribution in [3.63, 3.8) is 0 Å². The summed E-state index contributed by atoms with van der Waals surface area (Å²) in [4.78, 5) is 78.4. The normalized spacial score (nSPS) is 15.9. The number of esters is 2. The topological polar surface area (TPSA) is 212 Å². The first-order valence-electron chi connectivity index (χ1n) is 21.5. The molecule has 2 saturated heterocycles. The highest BCUT2D eigenvalue weighted by molar-refractivity contribution is 8.76. The Kier molecular flexibility index (Phi) is 25.3. The summed E-state index contributed by atoms with van der Waals surface area (Å²) in [5.41, 5.74) is 0.583. The molecule has 2 aliphatic rings. The van der Waals surface area contributed by atoms with Crippen LogP contribution < -0.4 is 16.0 Å². The van der Waals surface area contributed by atoms with Gasteiger partial charge in [0.05, 0.1) is 67.8 Å². The molecular formula is C44H61N3O14S2Si. The molecule has 0 aliphatic carbocycles. The zero-order valence-corrected chi connectivity index (χ0v) is 39.1. The van der Waals surface area contributed by atoms with Gasteiger partial charge in [0.25, 0.3) is 0 Å². The van der Waals surface area contributed by atoms with E-state index in [0.717, 1.165) is 11.1 Å². The highest BCUT2D eigenvalue weighted by Crippen LogP contribution is 2.25. The van der Waals surface area contributed by atoms with Crippen molar-refractivity contribution in [3.8, 4) is 0 Å². The van der Waals surface area contributed by atoms with Crippen molar-refractivity contribution >= 4 is 66.9 Å². The monoisotopic (exact) mass is 947 g/mol. The standard InChI is InChI=1S/C44H61N3O14S2Si/c1-54-41(50)33(15-9-17-37-56-22-23-57-37)19-20-36(48)34(46-43(52)60-29-31-11-5-3-6-12-31)21-26-62-63-27-28-64-40(47-44(53)61-30-32-13-7-4-8-14-32)39(49)45-35(42(51)55-2)16-10-18-38-58-24-25-59-38/h3-8,11-14,33-35,37-38,40H,9-10,15-30H2,1-2H3,(H,45,49)(H,46,52)(H,47,53)/t33-,34+,35+,40+/m1/s1. The molecule has 2 aromatic carbocycles. The minimum Gasteiger partial charge on any atom is -0.469 e. The lowest BCUT2D eigenvalue weighted by atomic mass is 9.93. The van der Waals surface area contributed by atoms with E-state index < -0.39 is 53.7 Å². The molecule has 2 fully saturated rings. The fourth-order valence-corrected chi connectivity index (χ4v) is 10.6. The van der Waals surface area contributed by atoms with Gasteiger partial charge in [0.1, 0.15) is 19.3 Å². The SMILES string of the molecule is COC(=O)[C@H](CCCC1OCCO1)CCC(=O)[C@H](CCSSCC[Si][C@H](NC(=O)OCc1ccccc1)C(=O)N[C@@H](CCCC1OCCO1)C(=O)OC)NC(=O)OCc1ccccc1. The predicted octanol–water partition coefficient (Wildman–Crippen LogP) is 5.31. The van der Waals surface area contributed by atoms with Gasteiger partial charge in [-0.3, -0.25) is 14.4 Å². The van der Waals surface area contributed by atoms with E-state index >= 15 is 0 Å². The molecule has 64 heavy (non-hydrogen) atoms. The number of ether oxygens (including phenoxy) is 8. The van der Waals surface area contributed by atoms with Crippen LogP contribution in [0.3, 0.4) is 0 Å². The Morgan fingerprint density at radius 1 is 0.641 bits per heavy atom. The summed E-state index contributed by atoms with van der Waals surface area (Å²) in [5, 5.41) is 8.16. The van der Waals surface area contributed by atoms with Gasteiger partial charge < -0.3 is 53.8 Å². The van der Waals surface area contributed by atoms with Gasteiger partial charge in [-0.25, -0.2) is 14.4 Å². The molecule has 0 spiro atoms. The van der Waals surface area contributed by atoms with Crippen LogP contribution in [-0.2, 0) is 70.3 Å². The number of hydrogen-bond donors (Lipinski definition) is 3. The molecule has 3 amide bonds. The van der Waals surface area contributed by atoms with Crippen LogP contribution in [0.1, 0.15) is 68.9 Å². The summed E-state index contributed by atoms with van der Waals surface area (Å²) in [7, 11) is 5.50. The van der Waals surface area contributed by atoms with Gasteiger partial charge in [-0.15, -0.1) is 0 Å². The fourth-order valence-electron chi connectivity index (χ4n) is 6.69. The lowest BCUT2D eigenvalue weighted by Crippen LogP contribution is -2.54. The van der Waals surface area contributed by atoms with E-state index in [1.54, 1.807) is 0 Å². The van der Waals surface area contributed by atoms with Crippen molar-refractivity contribution in [2.45, 2.75) is 107 Å². The van der Waals surface area contributed by atoms with Crippen molar-refractivity contribution in [2.75, 3.05) is 52.2 Å². The molecule has 4 atom stereocenters. The van der Waals surface area contributed by atoms with Gasteiger partial charge in [-0.1, -0.05) is 82.3 Å². The summed E-state index contributed by atoms with van der Waals surface area (Å²) >= 11 is 0. The number of carbonyl (C=O) groups is 6. The molecule has 2 radical (unpaired) electrons. The molecule has 2 heterocycles. The molecule has 3 N–H and O–H groups in total. The highest BCUT2D eigenvalue weighted by Gasteiger charge is 2.29. The number of hydrogen-bond acceptors (Lipinski definition) is 16. The molecule has 0 aromatic heterocycles.